The Labute approximate surface area is 125 Å². The van der Waals surface area contributed by atoms with Gasteiger partial charge in [-0.2, -0.15) is 0 Å². The minimum atomic E-state index is -0.135. The van der Waals surface area contributed by atoms with Crippen LogP contribution in [-0.4, -0.2) is 7.11 Å². The van der Waals surface area contributed by atoms with Gasteiger partial charge in [0.2, 0.25) is 0 Å². The van der Waals surface area contributed by atoms with Gasteiger partial charge in [-0.1, -0.05) is 35.4 Å². The van der Waals surface area contributed by atoms with Crippen molar-refractivity contribution in [3.05, 3.63) is 63.7 Å². The molecule has 0 aliphatic rings. The van der Waals surface area contributed by atoms with E-state index in [0.29, 0.717) is 5.02 Å². The fourth-order valence-electron chi connectivity index (χ4n) is 2.36. The van der Waals surface area contributed by atoms with Gasteiger partial charge in [-0.15, -0.1) is 0 Å². The van der Waals surface area contributed by atoms with E-state index in [1.165, 1.54) is 16.7 Å². The summed E-state index contributed by atoms with van der Waals surface area (Å²) in [5, 5.41) is 0.678. The third-order valence-electron chi connectivity index (χ3n) is 3.54. The number of halogens is 1. The minimum absolute atomic E-state index is 0.135. The van der Waals surface area contributed by atoms with Crippen LogP contribution in [0.3, 0.4) is 0 Å². The van der Waals surface area contributed by atoms with Crippen molar-refractivity contribution in [2.45, 2.75) is 26.3 Å². The van der Waals surface area contributed by atoms with E-state index in [1.54, 1.807) is 7.11 Å². The molecule has 0 aromatic heterocycles. The molecule has 0 spiro atoms. The van der Waals surface area contributed by atoms with Crippen molar-refractivity contribution in [1.29, 1.82) is 0 Å². The Morgan fingerprint density at radius 3 is 2.60 bits per heavy atom. The van der Waals surface area contributed by atoms with Gasteiger partial charge in [0.05, 0.1) is 7.11 Å². The molecule has 2 nitrogen and oxygen atoms in total. The molecule has 0 fully saturated rings. The van der Waals surface area contributed by atoms with Crippen LogP contribution in [0, 0.1) is 13.8 Å². The summed E-state index contributed by atoms with van der Waals surface area (Å²) in [4.78, 5) is 0. The highest BCUT2D eigenvalue weighted by molar-refractivity contribution is 6.30. The summed E-state index contributed by atoms with van der Waals surface area (Å²) in [5.74, 6) is 0.784. The van der Waals surface area contributed by atoms with E-state index in [2.05, 4.69) is 32.0 Å². The lowest BCUT2D eigenvalue weighted by Gasteiger charge is -2.17. The largest absolute Gasteiger partial charge is 0.496 e. The maximum Gasteiger partial charge on any atom is 0.123 e. The molecular formula is C17H20ClNO. The Balaban J connectivity index is 2.30. The van der Waals surface area contributed by atoms with Crippen LogP contribution in [0.4, 0.5) is 0 Å². The molecule has 106 valence electrons. The first-order valence-corrected chi connectivity index (χ1v) is 7.04. The second-order valence-electron chi connectivity index (χ2n) is 5.13. The van der Waals surface area contributed by atoms with Crippen LogP contribution in [-0.2, 0) is 6.42 Å². The lowest BCUT2D eigenvalue weighted by molar-refractivity contribution is 0.405. The lowest BCUT2D eigenvalue weighted by atomic mass is 9.95. The van der Waals surface area contributed by atoms with Gasteiger partial charge in [-0.3, -0.25) is 0 Å². The number of hydrogen-bond acceptors (Lipinski definition) is 2. The fourth-order valence-corrected chi connectivity index (χ4v) is 2.54. The van der Waals surface area contributed by atoms with E-state index in [4.69, 9.17) is 22.1 Å². The SMILES string of the molecule is COc1ccc(Cl)cc1C(N)Cc1cc(C)ccc1C. The third kappa shape index (κ3) is 3.33. The van der Waals surface area contributed by atoms with Crippen molar-refractivity contribution >= 4 is 11.6 Å². The molecule has 3 heteroatoms. The zero-order valence-electron chi connectivity index (χ0n) is 12.1. The third-order valence-corrected chi connectivity index (χ3v) is 3.77. The summed E-state index contributed by atoms with van der Waals surface area (Å²) < 4.78 is 5.37. The number of methoxy groups -OCH3 is 1. The molecule has 0 saturated heterocycles. The van der Waals surface area contributed by atoms with Gasteiger partial charge in [0.25, 0.3) is 0 Å². The molecular weight excluding hydrogens is 270 g/mol. The number of benzene rings is 2. The molecule has 0 heterocycles. The fraction of sp³-hybridized carbons (Fsp3) is 0.294. The first-order valence-electron chi connectivity index (χ1n) is 6.66. The van der Waals surface area contributed by atoms with Gasteiger partial charge in [-0.05, 0) is 49.6 Å². The second kappa shape index (κ2) is 6.29. The maximum atomic E-state index is 6.35. The zero-order chi connectivity index (χ0) is 14.7. The number of rotatable bonds is 4. The normalized spacial score (nSPS) is 12.2. The Hall–Kier alpha value is -1.51. The highest BCUT2D eigenvalue weighted by Gasteiger charge is 2.14. The number of ether oxygens (including phenoxy) is 1. The minimum Gasteiger partial charge on any atom is -0.496 e. The van der Waals surface area contributed by atoms with Crippen LogP contribution in [0.5, 0.6) is 5.75 Å². The molecule has 2 N–H and O–H groups in total. The van der Waals surface area contributed by atoms with E-state index in [0.717, 1.165) is 17.7 Å². The smallest absolute Gasteiger partial charge is 0.123 e. The van der Waals surface area contributed by atoms with E-state index >= 15 is 0 Å². The average molecular weight is 290 g/mol. The predicted octanol–water partition coefficient (Wildman–Crippen LogP) is 4.21. The molecule has 1 atom stereocenters. The van der Waals surface area contributed by atoms with Crippen LogP contribution in [0.2, 0.25) is 5.02 Å². The topological polar surface area (TPSA) is 35.2 Å². The summed E-state index contributed by atoms with van der Waals surface area (Å²) in [6, 6.07) is 11.9. The quantitative estimate of drug-likeness (QED) is 0.915. The Morgan fingerprint density at radius 2 is 1.90 bits per heavy atom. The van der Waals surface area contributed by atoms with Gasteiger partial charge in [0.1, 0.15) is 5.75 Å². The van der Waals surface area contributed by atoms with Crippen molar-refractivity contribution in [1.82, 2.24) is 0 Å². The van der Waals surface area contributed by atoms with Crippen molar-refractivity contribution in [2.24, 2.45) is 5.73 Å². The van der Waals surface area contributed by atoms with E-state index in [1.807, 2.05) is 18.2 Å². The Morgan fingerprint density at radius 1 is 1.15 bits per heavy atom. The molecule has 2 aromatic rings. The molecule has 20 heavy (non-hydrogen) atoms. The standard InChI is InChI=1S/C17H20ClNO/c1-11-4-5-12(2)13(8-11)9-16(19)15-10-14(18)6-7-17(15)20-3/h4-8,10,16H,9,19H2,1-3H3. The molecule has 2 aromatic carbocycles. The molecule has 0 amide bonds. The molecule has 0 saturated carbocycles. The summed E-state index contributed by atoms with van der Waals surface area (Å²) in [5.41, 5.74) is 11.1. The van der Waals surface area contributed by atoms with E-state index in [-0.39, 0.29) is 6.04 Å². The van der Waals surface area contributed by atoms with E-state index in [9.17, 15) is 0 Å². The van der Waals surface area contributed by atoms with Gasteiger partial charge in [-0.25, -0.2) is 0 Å². The first kappa shape index (κ1) is 14.9. The van der Waals surface area contributed by atoms with Crippen LogP contribution in [0.25, 0.3) is 0 Å². The molecule has 0 aliphatic heterocycles. The summed E-state index contributed by atoms with van der Waals surface area (Å²) in [6.07, 6.45) is 0.768. The van der Waals surface area contributed by atoms with Crippen LogP contribution in [0.15, 0.2) is 36.4 Å². The number of nitrogens with two attached hydrogens (primary N) is 1. The van der Waals surface area contributed by atoms with Crippen molar-refractivity contribution in [3.63, 3.8) is 0 Å². The number of aryl methyl sites for hydroxylation is 2. The van der Waals surface area contributed by atoms with Crippen LogP contribution in [0.1, 0.15) is 28.3 Å². The van der Waals surface area contributed by atoms with Crippen molar-refractivity contribution in [2.75, 3.05) is 7.11 Å². The van der Waals surface area contributed by atoms with E-state index < -0.39 is 0 Å². The molecule has 0 bridgehead atoms. The lowest BCUT2D eigenvalue weighted by Crippen LogP contribution is -2.15. The van der Waals surface area contributed by atoms with Crippen molar-refractivity contribution < 1.29 is 4.74 Å². The van der Waals surface area contributed by atoms with Crippen molar-refractivity contribution in [3.8, 4) is 5.75 Å². The van der Waals surface area contributed by atoms with Gasteiger partial charge in [0, 0.05) is 16.6 Å². The molecule has 0 radical (unpaired) electrons. The summed E-state index contributed by atoms with van der Waals surface area (Å²) in [7, 11) is 1.65. The Bertz CT molecular complexity index is 610. The van der Waals surface area contributed by atoms with Gasteiger partial charge >= 0.3 is 0 Å². The highest BCUT2D eigenvalue weighted by atomic mass is 35.5. The zero-order valence-corrected chi connectivity index (χ0v) is 12.9. The average Bonchev–Trinajstić information content (AvgIpc) is 2.42. The summed E-state index contributed by atoms with van der Waals surface area (Å²) >= 11 is 6.07. The molecule has 1 unspecified atom stereocenters. The van der Waals surface area contributed by atoms with Crippen LogP contribution >= 0.6 is 11.6 Å². The molecule has 0 aliphatic carbocycles. The first-order chi connectivity index (χ1) is 9.51. The monoisotopic (exact) mass is 289 g/mol. The van der Waals surface area contributed by atoms with Crippen LogP contribution < -0.4 is 10.5 Å². The number of hydrogen-bond donors (Lipinski definition) is 1. The maximum absolute atomic E-state index is 6.35. The Kier molecular flexibility index (Phi) is 4.69. The predicted molar refractivity (Wildman–Crippen MR) is 84.6 cm³/mol. The highest BCUT2D eigenvalue weighted by Crippen LogP contribution is 2.29. The second-order valence-corrected chi connectivity index (χ2v) is 5.56. The summed E-state index contributed by atoms with van der Waals surface area (Å²) in [6.45, 7) is 4.20. The molecule has 2 rings (SSSR count). The van der Waals surface area contributed by atoms with Gasteiger partial charge in [0.15, 0.2) is 0 Å². The van der Waals surface area contributed by atoms with Gasteiger partial charge < -0.3 is 10.5 Å².